The summed E-state index contributed by atoms with van der Waals surface area (Å²) in [6, 6.07) is 3.99. The molecule has 0 amide bonds. The van der Waals surface area contributed by atoms with E-state index in [2.05, 4.69) is 9.97 Å². The molecule has 2 heterocycles. The molecule has 2 aromatic rings. The maximum absolute atomic E-state index is 10.9. The van der Waals surface area contributed by atoms with Gasteiger partial charge < -0.3 is 5.11 Å². The number of nitrogens with zero attached hydrogens (tertiary/aromatic N) is 3. The molecule has 6 nitrogen and oxygen atoms in total. The molecule has 0 spiro atoms. The quantitative estimate of drug-likeness (QED) is 0.783. The van der Waals surface area contributed by atoms with Crippen LogP contribution in [0.25, 0.3) is 5.95 Å². The molecule has 80 valence electrons. The van der Waals surface area contributed by atoms with E-state index < -0.39 is 5.97 Å². The zero-order chi connectivity index (χ0) is 11.5. The number of carbonyl (C=O) groups is 1. The second-order valence-electron chi connectivity index (χ2n) is 2.99. The van der Waals surface area contributed by atoms with Crippen LogP contribution in [-0.2, 0) is 0 Å². The number of hydrogen-bond donors (Lipinski definition) is 1. The molecule has 2 aromatic heterocycles. The number of rotatable bonds is 2. The van der Waals surface area contributed by atoms with Gasteiger partial charge in [0.2, 0.25) is 5.95 Å². The minimum Gasteiger partial charge on any atom is -0.477 e. The zero-order valence-corrected chi connectivity index (χ0v) is 8.07. The second kappa shape index (κ2) is 3.93. The highest BCUT2D eigenvalue weighted by molar-refractivity contribution is 5.85. The van der Waals surface area contributed by atoms with Crippen molar-refractivity contribution in [2.24, 2.45) is 0 Å². The Balaban J connectivity index is 2.48. The summed E-state index contributed by atoms with van der Waals surface area (Å²) >= 11 is 0. The van der Waals surface area contributed by atoms with Gasteiger partial charge in [0.25, 0.3) is 0 Å². The molecule has 0 unspecified atom stereocenters. The number of pyridine rings is 1. The van der Waals surface area contributed by atoms with Crippen molar-refractivity contribution in [1.82, 2.24) is 14.5 Å². The topological polar surface area (TPSA) is 85.1 Å². The summed E-state index contributed by atoms with van der Waals surface area (Å²) in [6.07, 6.45) is 4.30. The minimum atomic E-state index is -1.12. The van der Waals surface area contributed by atoms with E-state index in [1.165, 1.54) is 41.4 Å². The van der Waals surface area contributed by atoms with Gasteiger partial charge in [0.1, 0.15) is 0 Å². The van der Waals surface area contributed by atoms with Crippen LogP contribution in [0.5, 0.6) is 0 Å². The van der Waals surface area contributed by atoms with Crippen LogP contribution in [0.3, 0.4) is 0 Å². The Morgan fingerprint density at radius 1 is 1.25 bits per heavy atom. The summed E-state index contributed by atoms with van der Waals surface area (Å²) in [4.78, 5) is 29.3. The third-order valence-corrected chi connectivity index (χ3v) is 1.89. The van der Waals surface area contributed by atoms with Gasteiger partial charge >= 0.3 is 5.97 Å². The molecular formula is C10H7N3O3. The summed E-state index contributed by atoms with van der Waals surface area (Å²) in [6.45, 7) is 0. The van der Waals surface area contributed by atoms with Gasteiger partial charge in [-0.2, -0.15) is 0 Å². The number of carboxylic acids is 1. The van der Waals surface area contributed by atoms with Crippen molar-refractivity contribution in [1.29, 1.82) is 0 Å². The van der Waals surface area contributed by atoms with Crippen LogP contribution in [0.2, 0.25) is 0 Å². The van der Waals surface area contributed by atoms with E-state index in [0.29, 0.717) is 0 Å². The molecule has 0 bridgehead atoms. The Morgan fingerprint density at radius 2 is 1.94 bits per heavy atom. The molecule has 0 atom stereocenters. The Morgan fingerprint density at radius 3 is 2.56 bits per heavy atom. The highest BCUT2D eigenvalue weighted by Crippen LogP contribution is 2.00. The van der Waals surface area contributed by atoms with Crippen LogP contribution in [0.4, 0.5) is 0 Å². The molecule has 0 radical (unpaired) electrons. The SMILES string of the molecule is O=C(O)c1ccnc(-n2ccc(=O)cc2)n1. The molecule has 2 rings (SSSR count). The Labute approximate surface area is 89.8 Å². The standard InChI is InChI=1S/C10H7N3O3/c14-7-2-5-13(6-3-7)10-11-4-1-8(12-10)9(15)16/h1-6H,(H,15,16). The molecule has 0 saturated carbocycles. The molecule has 6 heteroatoms. The summed E-state index contributed by atoms with van der Waals surface area (Å²) in [5, 5.41) is 8.75. The van der Waals surface area contributed by atoms with Crippen molar-refractivity contribution in [3.05, 3.63) is 52.7 Å². The van der Waals surface area contributed by atoms with Crippen LogP contribution in [0.1, 0.15) is 10.5 Å². The minimum absolute atomic E-state index is 0.0938. The maximum Gasteiger partial charge on any atom is 0.354 e. The molecule has 0 fully saturated rings. The van der Waals surface area contributed by atoms with Gasteiger partial charge in [-0.1, -0.05) is 0 Å². The second-order valence-corrected chi connectivity index (χ2v) is 2.99. The van der Waals surface area contributed by atoms with E-state index in [1.54, 1.807) is 0 Å². The van der Waals surface area contributed by atoms with Crippen molar-refractivity contribution in [2.45, 2.75) is 0 Å². The number of aromatic nitrogens is 3. The highest BCUT2D eigenvalue weighted by atomic mass is 16.4. The van der Waals surface area contributed by atoms with Gasteiger partial charge in [-0.3, -0.25) is 9.36 Å². The Kier molecular flexibility index (Phi) is 2.47. The van der Waals surface area contributed by atoms with Crippen molar-refractivity contribution in [2.75, 3.05) is 0 Å². The molecule has 1 N–H and O–H groups in total. The molecule has 0 saturated heterocycles. The van der Waals surface area contributed by atoms with Crippen LogP contribution in [-0.4, -0.2) is 25.6 Å². The summed E-state index contributed by atoms with van der Waals surface area (Å²) in [5.41, 5.74) is -0.227. The first-order valence-electron chi connectivity index (χ1n) is 4.42. The van der Waals surface area contributed by atoms with Crippen LogP contribution in [0.15, 0.2) is 41.6 Å². The van der Waals surface area contributed by atoms with E-state index in [0.717, 1.165) is 0 Å². The first kappa shape index (κ1) is 10.0. The number of carboxylic acid groups (broad SMARTS) is 1. The van der Waals surface area contributed by atoms with Crippen molar-refractivity contribution >= 4 is 5.97 Å². The Hall–Kier alpha value is -2.50. The lowest BCUT2D eigenvalue weighted by Gasteiger charge is -2.03. The highest BCUT2D eigenvalue weighted by Gasteiger charge is 2.06. The lowest BCUT2D eigenvalue weighted by molar-refractivity contribution is 0.0690. The molecule has 0 aliphatic heterocycles. The summed E-state index contributed by atoms with van der Waals surface area (Å²) < 4.78 is 1.47. The molecule has 16 heavy (non-hydrogen) atoms. The van der Waals surface area contributed by atoms with Gasteiger partial charge in [0.05, 0.1) is 0 Å². The smallest absolute Gasteiger partial charge is 0.354 e. The van der Waals surface area contributed by atoms with E-state index in [9.17, 15) is 9.59 Å². The fourth-order valence-electron chi connectivity index (χ4n) is 1.14. The lowest BCUT2D eigenvalue weighted by atomic mass is 10.4. The third-order valence-electron chi connectivity index (χ3n) is 1.89. The molecular weight excluding hydrogens is 210 g/mol. The van der Waals surface area contributed by atoms with Crippen LogP contribution in [0, 0.1) is 0 Å². The predicted molar refractivity (Wildman–Crippen MR) is 54.6 cm³/mol. The van der Waals surface area contributed by atoms with Crippen LogP contribution >= 0.6 is 0 Å². The van der Waals surface area contributed by atoms with Crippen molar-refractivity contribution in [3.63, 3.8) is 0 Å². The molecule has 0 aliphatic rings. The van der Waals surface area contributed by atoms with Crippen LogP contribution < -0.4 is 5.43 Å². The number of aromatic carboxylic acids is 1. The number of hydrogen-bond acceptors (Lipinski definition) is 4. The van der Waals surface area contributed by atoms with Crippen molar-refractivity contribution < 1.29 is 9.90 Å². The summed E-state index contributed by atoms with van der Waals surface area (Å²) in [7, 11) is 0. The summed E-state index contributed by atoms with van der Waals surface area (Å²) in [5.74, 6) is -0.912. The van der Waals surface area contributed by atoms with E-state index >= 15 is 0 Å². The van der Waals surface area contributed by atoms with Crippen molar-refractivity contribution in [3.8, 4) is 5.95 Å². The third kappa shape index (κ3) is 1.95. The average molecular weight is 217 g/mol. The average Bonchev–Trinajstić information content (AvgIpc) is 2.30. The zero-order valence-electron chi connectivity index (χ0n) is 8.07. The van der Waals surface area contributed by atoms with Gasteiger partial charge in [-0.15, -0.1) is 0 Å². The largest absolute Gasteiger partial charge is 0.477 e. The first-order chi connectivity index (χ1) is 7.66. The van der Waals surface area contributed by atoms with Gasteiger partial charge in [0, 0.05) is 30.7 Å². The van der Waals surface area contributed by atoms with E-state index in [-0.39, 0.29) is 17.1 Å². The normalized spacial score (nSPS) is 10.0. The van der Waals surface area contributed by atoms with Gasteiger partial charge in [-0.25, -0.2) is 14.8 Å². The monoisotopic (exact) mass is 217 g/mol. The van der Waals surface area contributed by atoms with E-state index in [1.807, 2.05) is 0 Å². The fourth-order valence-corrected chi connectivity index (χ4v) is 1.14. The van der Waals surface area contributed by atoms with Gasteiger partial charge in [0.15, 0.2) is 11.1 Å². The predicted octanol–water partition coefficient (Wildman–Crippen LogP) is 0.326. The maximum atomic E-state index is 10.9. The molecule has 0 aromatic carbocycles. The van der Waals surface area contributed by atoms with Gasteiger partial charge in [-0.05, 0) is 6.07 Å². The lowest BCUT2D eigenvalue weighted by Crippen LogP contribution is -2.08. The Bertz CT molecular complexity index is 571. The molecule has 0 aliphatic carbocycles. The van der Waals surface area contributed by atoms with E-state index in [4.69, 9.17) is 5.11 Å². The first-order valence-corrected chi connectivity index (χ1v) is 4.42. The fraction of sp³-hybridized carbons (Fsp3) is 0.